The Morgan fingerprint density at radius 2 is 1.74 bits per heavy atom. The molecule has 27 heavy (non-hydrogen) atoms. The first-order valence-electron chi connectivity index (χ1n) is 7.94. The van der Waals surface area contributed by atoms with Gasteiger partial charge in [0.15, 0.2) is 6.61 Å². The number of carbonyl (C=O) groups excluding carboxylic acids is 3. The second-order valence-electron chi connectivity index (χ2n) is 5.65. The average molecular weight is 363 g/mol. The topological polar surface area (TPSA) is 122 Å². The van der Waals surface area contributed by atoms with E-state index in [4.69, 9.17) is 15.7 Å². The van der Waals surface area contributed by atoms with Crippen molar-refractivity contribution < 1.29 is 19.1 Å². The molecule has 136 valence electrons. The highest BCUT2D eigenvalue weighted by Crippen LogP contribution is 2.11. The Bertz CT molecular complexity index is 923. The molecule has 2 aromatic rings. The maximum absolute atomic E-state index is 12.0. The van der Waals surface area contributed by atoms with Crippen LogP contribution in [0.3, 0.4) is 0 Å². The number of hydrogen-bond acceptors (Lipinski definition) is 5. The van der Waals surface area contributed by atoms with Gasteiger partial charge < -0.3 is 15.8 Å². The van der Waals surface area contributed by atoms with Gasteiger partial charge in [0.2, 0.25) is 0 Å². The highest BCUT2D eigenvalue weighted by atomic mass is 16.5. The molecule has 2 aromatic carbocycles. The van der Waals surface area contributed by atoms with Crippen LogP contribution in [0.15, 0.2) is 54.1 Å². The van der Waals surface area contributed by atoms with Crippen molar-refractivity contribution in [2.75, 3.05) is 11.9 Å². The van der Waals surface area contributed by atoms with Crippen molar-refractivity contribution in [2.45, 2.75) is 6.92 Å². The molecular formula is C20H17N3O4. The minimum Gasteiger partial charge on any atom is -0.452 e. The molecule has 7 nitrogen and oxygen atoms in total. The zero-order valence-corrected chi connectivity index (χ0v) is 14.6. The Balaban J connectivity index is 1.92. The second kappa shape index (κ2) is 8.97. The van der Waals surface area contributed by atoms with Gasteiger partial charge in [-0.2, -0.15) is 5.26 Å². The number of benzene rings is 2. The Morgan fingerprint density at radius 3 is 2.30 bits per heavy atom. The van der Waals surface area contributed by atoms with Crippen LogP contribution in [-0.2, 0) is 14.3 Å². The fraction of sp³-hybridized carbons (Fsp3) is 0.100. The fourth-order valence-electron chi connectivity index (χ4n) is 2.09. The number of primary amides is 1. The first kappa shape index (κ1) is 19.4. The standard InChI is InChI=1S/C20H17N3O4/c1-13-2-8-17(9-3-13)23-18(24)12-27-20(26)15-6-4-14(5-7-15)10-16(11-21)19(22)25/h2-10H,12H2,1H3,(H2,22,25)(H,23,24)/b16-10-. The van der Waals surface area contributed by atoms with Gasteiger partial charge in [0.1, 0.15) is 11.6 Å². The molecule has 0 aliphatic carbocycles. The van der Waals surface area contributed by atoms with Gasteiger partial charge in [0, 0.05) is 5.69 Å². The first-order valence-corrected chi connectivity index (χ1v) is 7.94. The maximum atomic E-state index is 12.0. The van der Waals surface area contributed by atoms with Gasteiger partial charge in [-0.05, 0) is 42.8 Å². The number of hydrogen-bond donors (Lipinski definition) is 2. The summed E-state index contributed by atoms with van der Waals surface area (Å²) in [4.78, 5) is 34.9. The molecule has 0 aliphatic heterocycles. The van der Waals surface area contributed by atoms with Crippen molar-refractivity contribution in [1.29, 1.82) is 5.26 Å². The van der Waals surface area contributed by atoms with Crippen LogP contribution in [-0.4, -0.2) is 24.4 Å². The number of nitrogens with zero attached hydrogens (tertiary/aromatic N) is 1. The van der Waals surface area contributed by atoms with Crippen LogP contribution in [0.25, 0.3) is 6.08 Å². The number of carbonyl (C=O) groups is 3. The molecule has 7 heteroatoms. The molecular weight excluding hydrogens is 346 g/mol. The van der Waals surface area contributed by atoms with Crippen molar-refractivity contribution in [3.8, 4) is 6.07 Å². The van der Waals surface area contributed by atoms with Crippen molar-refractivity contribution in [1.82, 2.24) is 0 Å². The maximum Gasteiger partial charge on any atom is 0.338 e. The van der Waals surface area contributed by atoms with E-state index in [2.05, 4.69) is 5.32 Å². The predicted molar refractivity (Wildman–Crippen MR) is 99.3 cm³/mol. The molecule has 0 atom stereocenters. The quantitative estimate of drug-likeness (QED) is 0.463. The average Bonchev–Trinajstić information content (AvgIpc) is 2.66. The summed E-state index contributed by atoms with van der Waals surface area (Å²) in [6.07, 6.45) is 1.31. The van der Waals surface area contributed by atoms with E-state index < -0.39 is 24.4 Å². The smallest absolute Gasteiger partial charge is 0.338 e. The molecule has 0 radical (unpaired) electrons. The lowest BCUT2D eigenvalue weighted by Gasteiger charge is -2.07. The van der Waals surface area contributed by atoms with Crippen LogP contribution in [0.2, 0.25) is 0 Å². The molecule has 0 fully saturated rings. The largest absolute Gasteiger partial charge is 0.452 e. The van der Waals surface area contributed by atoms with Crippen LogP contribution in [0.4, 0.5) is 5.69 Å². The first-order chi connectivity index (χ1) is 12.9. The van der Waals surface area contributed by atoms with E-state index in [0.717, 1.165) is 5.56 Å². The summed E-state index contributed by atoms with van der Waals surface area (Å²) in [5.74, 6) is -1.95. The summed E-state index contributed by atoms with van der Waals surface area (Å²) in [6, 6.07) is 14.9. The lowest BCUT2D eigenvalue weighted by molar-refractivity contribution is -0.119. The van der Waals surface area contributed by atoms with Gasteiger partial charge in [-0.15, -0.1) is 0 Å². The molecule has 2 amide bonds. The van der Waals surface area contributed by atoms with E-state index in [1.54, 1.807) is 18.2 Å². The lowest BCUT2D eigenvalue weighted by atomic mass is 10.1. The Morgan fingerprint density at radius 1 is 1.11 bits per heavy atom. The Kier molecular flexibility index (Phi) is 6.44. The van der Waals surface area contributed by atoms with E-state index >= 15 is 0 Å². The minimum atomic E-state index is -0.833. The van der Waals surface area contributed by atoms with E-state index in [0.29, 0.717) is 11.3 Å². The number of nitriles is 1. The lowest BCUT2D eigenvalue weighted by Crippen LogP contribution is -2.20. The second-order valence-corrected chi connectivity index (χ2v) is 5.65. The van der Waals surface area contributed by atoms with Gasteiger partial charge in [0.25, 0.3) is 11.8 Å². The van der Waals surface area contributed by atoms with Gasteiger partial charge in [0.05, 0.1) is 5.56 Å². The minimum absolute atomic E-state index is 0.196. The van der Waals surface area contributed by atoms with E-state index in [9.17, 15) is 14.4 Å². The fourth-order valence-corrected chi connectivity index (χ4v) is 2.09. The van der Waals surface area contributed by atoms with Crippen molar-refractivity contribution >= 4 is 29.5 Å². The molecule has 0 heterocycles. The monoisotopic (exact) mass is 363 g/mol. The van der Waals surface area contributed by atoms with Crippen LogP contribution in [0.1, 0.15) is 21.5 Å². The summed E-state index contributed by atoms with van der Waals surface area (Å²) >= 11 is 0. The molecule has 2 rings (SSSR count). The van der Waals surface area contributed by atoms with Gasteiger partial charge in [-0.25, -0.2) is 4.79 Å². The number of anilines is 1. The third-order valence-corrected chi connectivity index (χ3v) is 3.51. The Hall–Kier alpha value is -3.92. The number of rotatable bonds is 6. The molecule has 0 spiro atoms. The highest BCUT2D eigenvalue weighted by molar-refractivity contribution is 6.00. The molecule has 3 N–H and O–H groups in total. The number of amides is 2. The van der Waals surface area contributed by atoms with Crippen molar-refractivity contribution in [2.24, 2.45) is 5.73 Å². The molecule has 0 saturated carbocycles. The van der Waals surface area contributed by atoms with Crippen LogP contribution >= 0.6 is 0 Å². The molecule has 0 aromatic heterocycles. The van der Waals surface area contributed by atoms with Crippen LogP contribution in [0.5, 0.6) is 0 Å². The number of esters is 1. The number of nitrogens with two attached hydrogens (primary N) is 1. The van der Waals surface area contributed by atoms with Gasteiger partial charge in [-0.3, -0.25) is 9.59 Å². The summed E-state index contributed by atoms with van der Waals surface area (Å²) in [6.45, 7) is 1.51. The van der Waals surface area contributed by atoms with E-state index in [1.165, 1.54) is 30.3 Å². The van der Waals surface area contributed by atoms with Gasteiger partial charge in [-0.1, -0.05) is 29.8 Å². The summed E-state index contributed by atoms with van der Waals surface area (Å²) in [5.41, 5.74) is 7.30. The molecule has 0 unspecified atom stereocenters. The summed E-state index contributed by atoms with van der Waals surface area (Å²) in [7, 11) is 0. The predicted octanol–water partition coefficient (Wildman–Crippen LogP) is 2.18. The van der Waals surface area contributed by atoms with E-state index in [1.807, 2.05) is 19.1 Å². The van der Waals surface area contributed by atoms with Gasteiger partial charge >= 0.3 is 5.97 Å². The zero-order chi connectivity index (χ0) is 19.8. The normalized spacial score (nSPS) is 10.6. The van der Waals surface area contributed by atoms with E-state index in [-0.39, 0.29) is 11.1 Å². The molecule has 0 saturated heterocycles. The zero-order valence-electron chi connectivity index (χ0n) is 14.6. The SMILES string of the molecule is Cc1ccc(NC(=O)COC(=O)c2ccc(/C=C(/C#N)C(N)=O)cc2)cc1. The van der Waals surface area contributed by atoms with Crippen molar-refractivity contribution in [3.63, 3.8) is 0 Å². The number of nitrogens with one attached hydrogen (secondary N) is 1. The number of ether oxygens (including phenoxy) is 1. The molecule has 0 bridgehead atoms. The van der Waals surface area contributed by atoms with Crippen LogP contribution < -0.4 is 11.1 Å². The summed E-state index contributed by atoms with van der Waals surface area (Å²) in [5, 5.41) is 11.4. The Labute approximate surface area is 156 Å². The summed E-state index contributed by atoms with van der Waals surface area (Å²) < 4.78 is 4.97. The third kappa shape index (κ3) is 5.83. The van der Waals surface area contributed by atoms with Crippen LogP contribution in [0, 0.1) is 18.3 Å². The number of aryl methyl sites for hydroxylation is 1. The van der Waals surface area contributed by atoms with Crippen molar-refractivity contribution in [3.05, 3.63) is 70.8 Å². The third-order valence-electron chi connectivity index (χ3n) is 3.51. The highest BCUT2D eigenvalue weighted by Gasteiger charge is 2.11. The molecule has 0 aliphatic rings.